The van der Waals surface area contributed by atoms with Crippen LogP contribution in [-0.2, 0) is 11.2 Å². The van der Waals surface area contributed by atoms with Crippen LogP contribution in [0.15, 0.2) is 24.3 Å². The van der Waals surface area contributed by atoms with Gasteiger partial charge in [-0.1, -0.05) is 29.8 Å². The van der Waals surface area contributed by atoms with Gasteiger partial charge in [-0.3, -0.25) is 4.79 Å². The molecule has 1 rings (SSSR count). The Balaban J connectivity index is 2.05. The van der Waals surface area contributed by atoms with Gasteiger partial charge in [-0.05, 0) is 32.4 Å². The second kappa shape index (κ2) is 9.53. The van der Waals surface area contributed by atoms with Crippen molar-refractivity contribution < 1.29 is 4.79 Å². The number of rotatable bonds is 9. The lowest BCUT2D eigenvalue weighted by atomic mass is 10.1. The summed E-state index contributed by atoms with van der Waals surface area (Å²) >= 11 is 0. The number of nitrogens with one attached hydrogen (secondary N) is 3. The maximum absolute atomic E-state index is 11.6. The number of aryl methyl sites for hydroxylation is 2. The Labute approximate surface area is 116 Å². The zero-order valence-electron chi connectivity index (χ0n) is 12.0. The van der Waals surface area contributed by atoms with Crippen molar-refractivity contribution in [3.05, 3.63) is 35.4 Å². The Morgan fingerprint density at radius 1 is 1.16 bits per heavy atom. The second-order valence-electron chi connectivity index (χ2n) is 4.72. The molecule has 0 saturated carbocycles. The molecule has 0 saturated heterocycles. The molecule has 0 aliphatic rings. The Morgan fingerprint density at radius 2 is 1.89 bits per heavy atom. The topological polar surface area (TPSA) is 53.2 Å². The van der Waals surface area contributed by atoms with Crippen LogP contribution in [0.1, 0.15) is 24.0 Å². The Kier molecular flexibility index (Phi) is 7.86. The quantitative estimate of drug-likeness (QED) is 0.463. The zero-order valence-corrected chi connectivity index (χ0v) is 12.0. The maximum Gasteiger partial charge on any atom is 0.220 e. The van der Waals surface area contributed by atoms with Gasteiger partial charge in [0.1, 0.15) is 0 Å². The first-order valence-electron chi connectivity index (χ1n) is 6.90. The molecule has 0 bridgehead atoms. The number of carbonyl (C=O) groups is 1. The largest absolute Gasteiger partial charge is 0.355 e. The molecule has 0 aromatic heterocycles. The van der Waals surface area contributed by atoms with Gasteiger partial charge in [0.2, 0.25) is 5.91 Å². The Bertz CT molecular complexity index is 362. The summed E-state index contributed by atoms with van der Waals surface area (Å²) in [5.74, 6) is 0.137. The number of hydrogen-bond donors (Lipinski definition) is 3. The number of carbonyl (C=O) groups excluding carboxylic acids is 1. The van der Waals surface area contributed by atoms with E-state index < -0.39 is 0 Å². The molecule has 0 aliphatic carbocycles. The average molecular weight is 263 g/mol. The van der Waals surface area contributed by atoms with E-state index >= 15 is 0 Å². The van der Waals surface area contributed by atoms with Crippen molar-refractivity contribution in [1.29, 1.82) is 0 Å². The van der Waals surface area contributed by atoms with Gasteiger partial charge in [0.05, 0.1) is 0 Å². The van der Waals surface area contributed by atoms with Crippen molar-refractivity contribution >= 4 is 5.91 Å². The van der Waals surface area contributed by atoms with Crippen molar-refractivity contribution in [2.75, 3.05) is 26.8 Å². The van der Waals surface area contributed by atoms with Crippen LogP contribution < -0.4 is 16.0 Å². The molecule has 4 heteroatoms. The SMILES string of the molecule is CNCNCCNC(=O)CCCc1ccc(C)cc1. The van der Waals surface area contributed by atoms with Gasteiger partial charge in [0, 0.05) is 26.2 Å². The average Bonchev–Trinajstić information content (AvgIpc) is 2.41. The lowest BCUT2D eigenvalue weighted by Crippen LogP contribution is -2.35. The van der Waals surface area contributed by atoms with Crippen molar-refractivity contribution in [3.8, 4) is 0 Å². The van der Waals surface area contributed by atoms with Gasteiger partial charge in [0.15, 0.2) is 0 Å². The highest BCUT2D eigenvalue weighted by Gasteiger charge is 2.00. The summed E-state index contributed by atoms with van der Waals surface area (Å²) in [6.07, 6.45) is 2.46. The molecule has 0 heterocycles. The van der Waals surface area contributed by atoms with Crippen LogP contribution in [0, 0.1) is 6.92 Å². The van der Waals surface area contributed by atoms with Gasteiger partial charge in [0.25, 0.3) is 0 Å². The highest BCUT2D eigenvalue weighted by molar-refractivity contribution is 5.75. The number of hydrogen-bond acceptors (Lipinski definition) is 3. The van der Waals surface area contributed by atoms with E-state index in [1.54, 1.807) is 0 Å². The fourth-order valence-corrected chi connectivity index (χ4v) is 1.80. The van der Waals surface area contributed by atoms with Crippen LogP contribution >= 0.6 is 0 Å². The van der Waals surface area contributed by atoms with Gasteiger partial charge < -0.3 is 16.0 Å². The third-order valence-corrected chi connectivity index (χ3v) is 2.92. The van der Waals surface area contributed by atoms with Crippen molar-refractivity contribution in [3.63, 3.8) is 0 Å². The standard InChI is InChI=1S/C15H25N3O/c1-13-6-8-14(9-7-13)4-3-5-15(19)18-11-10-17-12-16-2/h6-9,16-17H,3-5,10-12H2,1-2H3,(H,18,19). The Morgan fingerprint density at radius 3 is 2.58 bits per heavy atom. The lowest BCUT2D eigenvalue weighted by molar-refractivity contribution is -0.121. The highest BCUT2D eigenvalue weighted by atomic mass is 16.1. The molecule has 1 amide bonds. The first-order valence-corrected chi connectivity index (χ1v) is 6.90. The van der Waals surface area contributed by atoms with Crippen molar-refractivity contribution in [2.45, 2.75) is 26.2 Å². The molecule has 4 nitrogen and oxygen atoms in total. The third kappa shape index (κ3) is 7.59. The summed E-state index contributed by atoms with van der Waals surface area (Å²) in [5, 5.41) is 9.05. The van der Waals surface area contributed by atoms with Crippen LogP contribution in [0.25, 0.3) is 0 Å². The van der Waals surface area contributed by atoms with E-state index in [-0.39, 0.29) is 5.91 Å². The predicted molar refractivity (Wildman–Crippen MR) is 79.1 cm³/mol. The summed E-state index contributed by atoms with van der Waals surface area (Å²) in [6, 6.07) is 8.50. The zero-order chi connectivity index (χ0) is 13.9. The van der Waals surface area contributed by atoms with Gasteiger partial charge >= 0.3 is 0 Å². The molecule has 1 aromatic rings. The van der Waals surface area contributed by atoms with Gasteiger partial charge in [-0.15, -0.1) is 0 Å². The molecule has 0 unspecified atom stereocenters. The van der Waals surface area contributed by atoms with Crippen LogP contribution in [0.3, 0.4) is 0 Å². The van der Waals surface area contributed by atoms with E-state index in [1.807, 2.05) is 7.05 Å². The normalized spacial score (nSPS) is 10.4. The Hall–Kier alpha value is -1.39. The van der Waals surface area contributed by atoms with Crippen LogP contribution in [0.4, 0.5) is 0 Å². The molecule has 0 spiro atoms. The summed E-state index contributed by atoms with van der Waals surface area (Å²) in [4.78, 5) is 11.6. The molecule has 0 atom stereocenters. The number of amides is 1. The molecule has 0 fully saturated rings. The minimum atomic E-state index is 0.137. The molecular formula is C15H25N3O. The summed E-state index contributed by atoms with van der Waals surface area (Å²) in [7, 11) is 1.89. The van der Waals surface area contributed by atoms with E-state index in [0.29, 0.717) is 13.0 Å². The molecule has 0 aliphatic heterocycles. The maximum atomic E-state index is 11.6. The highest BCUT2D eigenvalue weighted by Crippen LogP contribution is 2.06. The smallest absolute Gasteiger partial charge is 0.220 e. The summed E-state index contributed by atoms with van der Waals surface area (Å²) in [5.41, 5.74) is 2.57. The fourth-order valence-electron chi connectivity index (χ4n) is 1.80. The van der Waals surface area contributed by atoms with Crippen LogP contribution in [0.2, 0.25) is 0 Å². The number of benzene rings is 1. The van der Waals surface area contributed by atoms with E-state index in [0.717, 1.165) is 26.1 Å². The minimum absolute atomic E-state index is 0.137. The predicted octanol–water partition coefficient (Wildman–Crippen LogP) is 1.20. The lowest BCUT2D eigenvalue weighted by Gasteiger charge is -2.06. The monoisotopic (exact) mass is 263 g/mol. The second-order valence-corrected chi connectivity index (χ2v) is 4.72. The van der Waals surface area contributed by atoms with E-state index in [9.17, 15) is 4.79 Å². The van der Waals surface area contributed by atoms with Crippen LogP contribution in [0.5, 0.6) is 0 Å². The fraction of sp³-hybridized carbons (Fsp3) is 0.533. The molecule has 3 N–H and O–H groups in total. The van der Waals surface area contributed by atoms with Crippen molar-refractivity contribution in [2.24, 2.45) is 0 Å². The van der Waals surface area contributed by atoms with Gasteiger partial charge in [-0.2, -0.15) is 0 Å². The molecular weight excluding hydrogens is 238 g/mol. The van der Waals surface area contributed by atoms with E-state index in [2.05, 4.69) is 47.1 Å². The van der Waals surface area contributed by atoms with E-state index in [4.69, 9.17) is 0 Å². The molecule has 19 heavy (non-hydrogen) atoms. The molecule has 0 radical (unpaired) electrons. The molecule has 1 aromatic carbocycles. The first-order chi connectivity index (χ1) is 9.22. The summed E-state index contributed by atoms with van der Waals surface area (Å²) in [6.45, 7) is 4.33. The molecule has 106 valence electrons. The van der Waals surface area contributed by atoms with Crippen LogP contribution in [-0.4, -0.2) is 32.7 Å². The van der Waals surface area contributed by atoms with Gasteiger partial charge in [-0.25, -0.2) is 0 Å². The first kappa shape index (κ1) is 15.7. The third-order valence-electron chi connectivity index (χ3n) is 2.92. The van der Waals surface area contributed by atoms with Crippen molar-refractivity contribution in [1.82, 2.24) is 16.0 Å². The van der Waals surface area contributed by atoms with E-state index in [1.165, 1.54) is 11.1 Å². The summed E-state index contributed by atoms with van der Waals surface area (Å²) < 4.78 is 0. The minimum Gasteiger partial charge on any atom is -0.355 e.